The molecule has 0 saturated heterocycles. The fourth-order valence-electron chi connectivity index (χ4n) is 2.15. The molecule has 0 aliphatic rings. The summed E-state index contributed by atoms with van der Waals surface area (Å²) in [5, 5.41) is 5.76. The van der Waals surface area contributed by atoms with Gasteiger partial charge in [0.05, 0.1) is 10.7 Å². The van der Waals surface area contributed by atoms with E-state index >= 15 is 0 Å². The fourth-order valence-corrected chi connectivity index (χ4v) is 2.75. The van der Waals surface area contributed by atoms with Crippen LogP contribution in [-0.4, -0.2) is 15.9 Å². The van der Waals surface area contributed by atoms with Crippen molar-refractivity contribution < 1.29 is 9.53 Å². The predicted octanol–water partition coefficient (Wildman–Crippen LogP) is 3.99. The number of benzene rings is 1. The molecule has 0 fully saturated rings. The van der Waals surface area contributed by atoms with Gasteiger partial charge in [-0.1, -0.05) is 6.07 Å². The first-order chi connectivity index (χ1) is 11.6. The Labute approximate surface area is 144 Å². The van der Waals surface area contributed by atoms with E-state index in [0.29, 0.717) is 23.7 Å². The average molecular weight is 339 g/mol. The van der Waals surface area contributed by atoms with Gasteiger partial charge in [-0.3, -0.25) is 4.79 Å². The van der Waals surface area contributed by atoms with Gasteiger partial charge in [-0.2, -0.15) is 0 Å². The van der Waals surface area contributed by atoms with E-state index in [9.17, 15) is 4.79 Å². The van der Waals surface area contributed by atoms with Crippen LogP contribution < -0.4 is 10.1 Å². The van der Waals surface area contributed by atoms with Crippen LogP contribution in [0.15, 0.2) is 48.0 Å². The van der Waals surface area contributed by atoms with Crippen molar-refractivity contribution in [1.29, 1.82) is 0 Å². The lowest BCUT2D eigenvalue weighted by Crippen LogP contribution is -2.13. The van der Waals surface area contributed by atoms with Gasteiger partial charge in [0.1, 0.15) is 18.2 Å². The Balaban J connectivity index is 1.66. The number of nitrogens with zero attached hydrogens (tertiary/aromatic N) is 2. The second-order valence-corrected chi connectivity index (χ2v) is 6.41. The van der Waals surface area contributed by atoms with Crippen LogP contribution in [0.1, 0.15) is 26.6 Å². The molecule has 0 aliphatic carbocycles. The minimum atomic E-state index is -0.219. The Kier molecular flexibility index (Phi) is 4.86. The van der Waals surface area contributed by atoms with Crippen LogP contribution in [0.2, 0.25) is 0 Å². The van der Waals surface area contributed by atoms with Gasteiger partial charge < -0.3 is 10.1 Å². The molecule has 3 rings (SSSR count). The zero-order chi connectivity index (χ0) is 16.9. The normalized spacial score (nSPS) is 10.4. The first-order valence-corrected chi connectivity index (χ1v) is 8.36. The average Bonchev–Trinajstić information content (AvgIpc) is 2.99. The molecule has 2 heterocycles. The van der Waals surface area contributed by atoms with E-state index in [1.54, 1.807) is 35.7 Å². The highest BCUT2D eigenvalue weighted by atomic mass is 32.1. The fraction of sp³-hybridized carbons (Fsp3) is 0.167. The second kappa shape index (κ2) is 7.23. The molecule has 0 atom stereocenters. The number of hydrogen-bond donors (Lipinski definition) is 1. The zero-order valence-corrected chi connectivity index (χ0v) is 14.3. The molecule has 2 aromatic heterocycles. The lowest BCUT2D eigenvalue weighted by atomic mass is 10.2. The molecule has 0 aliphatic heterocycles. The summed E-state index contributed by atoms with van der Waals surface area (Å²) >= 11 is 1.59. The number of pyridine rings is 1. The van der Waals surface area contributed by atoms with Gasteiger partial charge in [0, 0.05) is 17.1 Å². The van der Waals surface area contributed by atoms with E-state index in [0.717, 1.165) is 16.3 Å². The van der Waals surface area contributed by atoms with E-state index in [-0.39, 0.29) is 5.91 Å². The number of anilines is 1. The van der Waals surface area contributed by atoms with E-state index in [1.165, 1.54) is 0 Å². The third-order valence-electron chi connectivity index (χ3n) is 3.31. The first kappa shape index (κ1) is 16.1. The number of aryl methyl sites for hydroxylation is 2. The smallest absolute Gasteiger partial charge is 0.256 e. The summed E-state index contributed by atoms with van der Waals surface area (Å²) in [6, 6.07) is 10.8. The topological polar surface area (TPSA) is 64.1 Å². The Hall–Kier alpha value is -2.73. The highest BCUT2D eigenvalue weighted by Gasteiger charge is 2.08. The summed E-state index contributed by atoms with van der Waals surface area (Å²) in [4.78, 5) is 20.8. The van der Waals surface area contributed by atoms with Gasteiger partial charge in [0.2, 0.25) is 0 Å². The minimum Gasteiger partial charge on any atom is -0.487 e. The number of hydrogen-bond acceptors (Lipinski definition) is 5. The molecule has 1 aromatic carbocycles. The van der Waals surface area contributed by atoms with Crippen molar-refractivity contribution in [2.75, 3.05) is 5.32 Å². The van der Waals surface area contributed by atoms with Gasteiger partial charge in [-0.05, 0) is 49.7 Å². The Morgan fingerprint density at radius 2 is 2.12 bits per heavy atom. The lowest BCUT2D eigenvalue weighted by molar-refractivity contribution is 0.102. The summed E-state index contributed by atoms with van der Waals surface area (Å²) < 4.78 is 5.71. The largest absolute Gasteiger partial charge is 0.487 e. The van der Waals surface area contributed by atoms with E-state index in [2.05, 4.69) is 15.3 Å². The van der Waals surface area contributed by atoms with Crippen molar-refractivity contribution in [2.24, 2.45) is 0 Å². The monoisotopic (exact) mass is 339 g/mol. The number of ether oxygens (including phenoxy) is 1. The quantitative estimate of drug-likeness (QED) is 0.763. The zero-order valence-electron chi connectivity index (χ0n) is 13.4. The molecule has 3 aromatic rings. The number of nitrogens with one attached hydrogen (secondary N) is 1. The lowest BCUT2D eigenvalue weighted by Gasteiger charge is -2.08. The third kappa shape index (κ3) is 4.17. The van der Waals surface area contributed by atoms with Gasteiger partial charge in [0.15, 0.2) is 0 Å². The number of carbonyl (C=O) groups excluding carboxylic acids is 1. The molecule has 1 N–H and O–H groups in total. The van der Waals surface area contributed by atoms with Crippen molar-refractivity contribution in [3.63, 3.8) is 0 Å². The summed E-state index contributed by atoms with van der Waals surface area (Å²) in [7, 11) is 0. The van der Waals surface area contributed by atoms with Crippen LogP contribution in [0.3, 0.4) is 0 Å². The first-order valence-electron chi connectivity index (χ1n) is 7.48. The number of aromatic nitrogens is 2. The molecular formula is C18H17N3O2S. The van der Waals surface area contributed by atoms with Gasteiger partial charge in [-0.15, -0.1) is 11.3 Å². The second-order valence-electron chi connectivity index (χ2n) is 5.35. The molecule has 24 heavy (non-hydrogen) atoms. The van der Waals surface area contributed by atoms with Crippen LogP contribution in [0, 0.1) is 13.8 Å². The highest BCUT2D eigenvalue weighted by molar-refractivity contribution is 7.09. The molecule has 0 radical (unpaired) electrons. The van der Waals surface area contributed by atoms with Crippen molar-refractivity contribution in [3.05, 3.63) is 69.8 Å². The molecule has 1 amide bonds. The number of amides is 1. The van der Waals surface area contributed by atoms with Crippen LogP contribution in [0.5, 0.6) is 5.75 Å². The van der Waals surface area contributed by atoms with Crippen molar-refractivity contribution in [2.45, 2.75) is 20.5 Å². The molecule has 6 heteroatoms. The molecule has 0 bridgehead atoms. The van der Waals surface area contributed by atoms with Gasteiger partial charge in [-0.25, -0.2) is 9.97 Å². The van der Waals surface area contributed by atoms with E-state index < -0.39 is 0 Å². The third-order valence-corrected chi connectivity index (χ3v) is 4.13. The number of thiazole rings is 1. The Morgan fingerprint density at radius 1 is 1.25 bits per heavy atom. The SMILES string of the molecule is Cc1ccnc(NC(=O)c2cccc(OCc3csc(C)n3)c2)c1. The maximum Gasteiger partial charge on any atom is 0.256 e. The Bertz CT molecular complexity index is 861. The van der Waals surface area contributed by atoms with Gasteiger partial charge in [0.25, 0.3) is 5.91 Å². The maximum absolute atomic E-state index is 12.3. The van der Waals surface area contributed by atoms with Crippen molar-refractivity contribution >= 4 is 23.1 Å². The summed E-state index contributed by atoms with van der Waals surface area (Å²) in [6.07, 6.45) is 1.67. The summed E-state index contributed by atoms with van der Waals surface area (Å²) in [5.41, 5.74) is 2.44. The van der Waals surface area contributed by atoms with Crippen LogP contribution in [-0.2, 0) is 6.61 Å². The van der Waals surface area contributed by atoms with Gasteiger partial charge >= 0.3 is 0 Å². The number of carbonyl (C=O) groups is 1. The molecule has 0 unspecified atom stereocenters. The Morgan fingerprint density at radius 3 is 2.88 bits per heavy atom. The van der Waals surface area contributed by atoms with Crippen LogP contribution in [0.25, 0.3) is 0 Å². The van der Waals surface area contributed by atoms with E-state index in [1.807, 2.05) is 37.4 Å². The summed E-state index contributed by atoms with van der Waals surface area (Å²) in [6.45, 7) is 4.29. The predicted molar refractivity (Wildman–Crippen MR) is 94.6 cm³/mol. The maximum atomic E-state index is 12.3. The van der Waals surface area contributed by atoms with Crippen molar-refractivity contribution in [1.82, 2.24) is 9.97 Å². The van der Waals surface area contributed by atoms with E-state index in [4.69, 9.17) is 4.74 Å². The molecule has 122 valence electrons. The standard InChI is InChI=1S/C18H17N3O2S/c1-12-6-7-19-17(8-12)21-18(22)14-4-3-5-16(9-14)23-10-15-11-24-13(2)20-15/h3-9,11H,10H2,1-2H3,(H,19,21,22). The molecule has 0 spiro atoms. The van der Waals surface area contributed by atoms with Crippen LogP contribution >= 0.6 is 11.3 Å². The molecule has 0 saturated carbocycles. The summed E-state index contributed by atoms with van der Waals surface area (Å²) in [5.74, 6) is 0.942. The number of rotatable bonds is 5. The molecular weight excluding hydrogens is 322 g/mol. The van der Waals surface area contributed by atoms with Crippen molar-refractivity contribution in [3.8, 4) is 5.75 Å². The molecule has 5 nitrogen and oxygen atoms in total. The highest BCUT2D eigenvalue weighted by Crippen LogP contribution is 2.17. The van der Waals surface area contributed by atoms with Crippen LogP contribution in [0.4, 0.5) is 5.82 Å². The minimum absolute atomic E-state index is 0.219.